The number of rotatable bonds is 6. The highest BCUT2D eigenvalue weighted by Gasteiger charge is 2.41. The average molecular weight is 480 g/mol. The zero-order valence-corrected chi connectivity index (χ0v) is 18.6. The van der Waals surface area contributed by atoms with Gasteiger partial charge in [-0.15, -0.1) is 0 Å². The molecule has 1 aliphatic rings. The van der Waals surface area contributed by atoms with Crippen LogP contribution in [0.25, 0.3) is 0 Å². The highest BCUT2D eigenvalue weighted by atomic mass is 79.9. The molecule has 1 fully saturated rings. The normalized spacial score (nSPS) is 15.6. The molecule has 2 aromatic rings. The Morgan fingerprint density at radius 2 is 1.93 bits per heavy atom. The van der Waals surface area contributed by atoms with Gasteiger partial charge in [-0.05, 0) is 55.2 Å². The molecule has 2 aromatic carbocycles. The van der Waals surface area contributed by atoms with Gasteiger partial charge in [0.1, 0.15) is 0 Å². The Morgan fingerprint density at radius 1 is 1.17 bits per heavy atom. The number of amides is 2. The molecule has 0 atom stereocenters. The quantitative estimate of drug-likeness (QED) is 0.636. The van der Waals surface area contributed by atoms with Crippen LogP contribution in [0.15, 0.2) is 46.9 Å². The Hall–Kier alpha value is -1.89. The van der Waals surface area contributed by atoms with Gasteiger partial charge in [-0.2, -0.15) is 0 Å². The molecule has 2 amide bonds. The summed E-state index contributed by atoms with van der Waals surface area (Å²) in [5.74, 6) is -0.232. The van der Waals surface area contributed by atoms with Crippen LogP contribution < -0.4 is 10.6 Å². The molecule has 1 saturated heterocycles. The van der Waals surface area contributed by atoms with Gasteiger partial charge in [0.05, 0.1) is 5.41 Å². The second-order valence-corrected chi connectivity index (χ2v) is 8.57. The number of anilines is 1. The Labute approximate surface area is 184 Å². The van der Waals surface area contributed by atoms with Crippen LogP contribution in [0.4, 0.5) is 5.69 Å². The molecule has 3 rings (SSSR count). The van der Waals surface area contributed by atoms with E-state index in [-0.39, 0.29) is 24.8 Å². The van der Waals surface area contributed by atoms with Gasteiger partial charge in [0.25, 0.3) is 0 Å². The van der Waals surface area contributed by atoms with Crippen LogP contribution in [0.2, 0.25) is 5.02 Å². The summed E-state index contributed by atoms with van der Waals surface area (Å²) in [4.78, 5) is 25.4. The second kappa shape index (κ2) is 9.74. The number of hydrogen-bond acceptors (Lipinski definition) is 3. The van der Waals surface area contributed by atoms with Gasteiger partial charge >= 0.3 is 0 Å². The fraction of sp³-hybridized carbons (Fsp3) is 0.364. The van der Waals surface area contributed by atoms with E-state index in [9.17, 15) is 9.59 Å². The molecule has 0 unspecified atom stereocenters. The van der Waals surface area contributed by atoms with E-state index in [0.29, 0.717) is 31.1 Å². The molecular weight excluding hydrogens is 456 g/mol. The van der Waals surface area contributed by atoms with Gasteiger partial charge in [0.15, 0.2) is 0 Å². The molecule has 154 valence electrons. The van der Waals surface area contributed by atoms with Crippen LogP contribution in [-0.2, 0) is 19.7 Å². The van der Waals surface area contributed by atoms with Gasteiger partial charge in [-0.25, -0.2) is 0 Å². The molecule has 0 aliphatic carbocycles. The van der Waals surface area contributed by atoms with Crippen LogP contribution >= 0.6 is 27.5 Å². The summed E-state index contributed by atoms with van der Waals surface area (Å²) in [6.45, 7) is 3.23. The minimum absolute atomic E-state index is 0.0884. The average Bonchev–Trinajstić information content (AvgIpc) is 2.71. The van der Waals surface area contributed by atoms with Gasteiger partial charge < -0.3 is 15.4 Å². The Balaban J connectivity index is 1.62. The van der Waals surface area contributed by atoms with Gasteiger partial charge in [-0.3, -0.25) is 9.59 Å². The lowest BCUT2D eigenvalue weighted by atomic mass is 9.73. The summed E-state index contributed by atoms with van der Waals surface area (Å²) >= 11 is 9.57. The van der Waals surface area contributed by atoms with Crippen molar-refractivity contribution < 1.29 is 14.3 Å². The molecule has 1 aliphatic heterocycles. The van der Waals surface area contributed by atoms with Crippen molar-refractivity contribution >= 4 is 45.0 Å². The summed E-state index contributed by atoms with van der Waals surface area (Å²) in [7, 11) is 0. The van der Waals surface area contributed by atoms with E-state index in [1.54, 1.807) is 6.07 Å². The number of hydrogen-bond donors (Lipinski definition) is 2. The molecule has 0 spiro atoms. The fourth-order valence-corrected chi connectivity index (χ4v) is 4.10. The van der Waals surface area contributed by atoms with E-state index in [0.717, 1.165) is 21.3 Å². The maximum atomic E-state index is 13.1. The number of carbonyl (C=O) groups excluding carboxylic acids is 2. The second-order valence-electron chi connectivity index (χ2n) is 7.22. The maximum absolute atomic E-state index is 13.1. The third kappa shape index (κ3) is 5.38. The molecule has 2 N–H and O–H groups in total. The topological polar surface area (TPSA) is 67.4 Å². The summed E-state index contributed by atoms with van der Waals surface area (Å²) in [5.41, 5.74) is 1.95. The smallest absolute Gasteiger partial charge is 0.230 e. The zero-order valence-electron chi connectivity index (χ0n) is 16.3. The van der Waals surface area contributed by atoms with E-state index in [1.807, 2.05) is 43.3 Å². The summed E-state index contributed by atoms with van der Waals surface area (Å²) in [6, 6.07) is 13.1. The van der Waals surface area contributed by atoms with E-state index in [1.165, 1.54) is 0 Å². The van der Waals surface area contributed by atoms with Gasteiger partial charge in [0, 0.05) is 41.4 Å². The lowest BCUT2D eigenvalue weighted by Gasteiger charge is -2.36. The number of ether oxygens (including phenoxy) is 1. The Morgan fingerprint density at radius 3 is 2.66 bits per heavy atom. The number of nitrogens with one attached hydrogen (secondary N) is 2. The monoisotopic (exact) mass is 478 g/mol. The van der Waals surface area contributed by atoms with Gasteiger partial charge in [-0.1, -0.05) is 45.7 Å². The third-order valence-electron chi connectivity index (χ3n) is 5.27. The van der Waals surface area contributed by atoms with E-state index >= 15 is 0 Å². The van der Waals surface area contributed by atoms with Crippen LogP contribution in [0.1, 0.15) is 30.4 Å². The van der Waals surface area contributed by atoms with E-state index in [4.69, 9.17) is 16.3 Å². The molecule has 5 nitrogen and oxygen atoms in total. The van der Waals surface area contributed by atoms with Crippen molar-refractivity contribution in [3.05, 3.63) is 63.1 Å². The first-order chi connectivity index (χ1) is 13.9. The number of benzene rings is 2. The first-order valence-corrected chi connectivity index (χ1v) is 10.8. The SMILES string of the molecule is Cc1ccc(Br)cc1NC(=O)CCNC(=O)C1(c2cccc(Cl)c2)CCOCC1. The van der Waals surface area contributed by atoms with Crippen molar-refractivity contribution in [2.75, 3.05) is 25.1 Å². The van der Waals surface area contributed by atoms with Gasteiger partial charge in [0.2, 0.25) is 11.8 Å². The molecule has 0 bridgehead atoms. The maximum Gasteiger partial charge on any atom is 0.230 e. The van der Waals surface area contributed by atoms with Crippen LogP contribution in [0, 0.1) is 6.92 Å². The highest BCUT2D eigenvalue weighted by molar-refractivity contribution is 9.10. The first-order valence-electron chi connectivity index (χ1n) is 9.59. The number of halogens is 2. The van der Waals surface area contributed by atoms with E-state index in [2.05, 4.69) is 26.6 Å². The van der Waals surface area contributed by atoms with Crippen molar-refractivity contribution in [1.82, 2.24) is 5.32 Å². The molecular formula is C22H24BrClN2O3. The van der Waals surface area contributed by atoms with Crippen molar-refractivity contribution in [3.63, 3.8) is 0 Å². The Bertz CT molecular complexity index is 897. The molecule has 0 aromatic heterocycles. The van der Waals surface area contributed by atoms with Crippen molar-refractivity contribution in [2.24, 2.45) is 0 Å². The van der Waals surface area contributed by atoms with Crippen LogP contribution in [0.3, 0.4) is 0 Å². The zero-order chi connectivity index (χ0) is 20.9. The first kappa shape index (κ1) is 21.8. The van der Waals surface area contributed by atoms with Crippen molar-refractivity contribution in [1.29, 1.82) is 0 Å². The third-order valence-corrected chi connectivity index (χ3v) is 6.00. The minimum Gasteiger partial charge on any atom is -0.381 e. The lowest BCUT2D eigenvalue weighted by molar-refractivity contribution is -0.130. The largest absolute Gasteiger partial charge is 0.381 e. The fourth-order valence-electron chi connectivity index (χ4n) is 3.55. The molecule has 1 heterocycles. The van der Waals surface area contributed by atoms with Crippen LogP contribution in [0.5, 0.6) is 0 Å². The molecule has 7 heteroatoms. The summed E-state index contributed by atoms with van der Waals surface area (Å²) < 4.78 is 6.37. The predicted octanol–water partition coefficient (Wildman–Crippen LogP) is 4.60. The highest BCUT2D eigenvalue weighted by Crippen LogP contribution is 2.36. The molecule has 0 radical (unpaired) electrons. The summed E-state index contributed by atoms with van der Waals surface area (Å²) in [6.07, 6.45) is 1.37. The van der Waals surface area contributed by atoms with Crippen molar-refractivity contribution in [2.45, 2.75) is 31.6 Å². The molecule has 29 heavy (non-hydrogen) atoms. The van der Waals surface area contributed by atoms with Crippen molar-refractivity contribution in [3.8, 4) is 0 Å². The number of aryl methyl sites for hydroxylation is 1. The predicted molar refractivity (Wildman–Crippen MR) is 118 cm³/mol. The van der Waals surface area contributed by atoms with Crippen LogP contribution in [-0.4, -0.2) is 31.6 Å². The molecule has 0 saturated carbocycles. The standard InChI is InChI=1S/C22H24BrClN2O3/c1-15-5-6-17(23)14-19(15)26-20(27)7-10-25-21(28)22(8-11-29-12-9-22)16-3-2-4-18(24)13-16/h2-6,13-14H,7-12H2,1H3,(H,25,28)(H,26,27). The van der Waals surface area contributed by atoms with E-state index < -0.39 is 5.41 Å². The Kier molecular flexibility index (Phi) is 7.33. The lowest BCUT2D eigenvalue weighted by Crippen LogP contribution is -2.48. The number of carbonyl (C=O) groups is 2. The summed E-state index contributed by atoms with van der Waals surface area (Å²) in [5, 5.41) is 6.44. The minimum atomic E-state index is -0.680.